The van der Waals surface area contributed by atoms with E-state index in [0.717, 1.165) is 24.0 Å². The second-order valence-electron chi connectivity index (χ2n) is 3.22. The van der Waals surface area contributed by atoms with E-state index in [9.17, 15) is 9.18 Å². The molecule has 5 nitrogen and oxygen atoms in total. The highest BCUT2D eigenvalue weighted by molar-refractivity contribution is 5.87. The molecular formula is C12H11FN2O3. The van der Waals surface area contributed by atoms with E-state index in [-0.39, 0.29) is 12.2 Å². The molecule has 2 aromatic rings. The molecule has 2 aromatic heterocycles. The summed E-state index contributed by atoms with van der Waals surface area (Å²) in [5, 5.41) is 16.8. The number of carbonyl (C=O) groups is 1. The van der Waals surface area contributed by atoms with Gasteiger partial charge < -0.3 is 10.2 Å². The third kappa shape index (κ3) is 4.67. The molecule has 2 heterocycles. The number of rotatable bonds is 2. The Hall–Kier alpha value is -2.34. The smallest absolute Gasteiger partial charge is 0.337 e. The van der Waals surface area contributed by atoms with Gasteiger partial charge in [0.15, 0.2) is 0 Å². The molecule has 18 heavy (non-hydrogen) atoms. The summed E-state index contributed by atoms with van der Waals surface area (Å²) in [6.45, 7) is 0.0772. The Morgan fingerprint density at radius 1 is 1.28 bits per heavy atom. The standard InChI is InChI=1S/C6H4FNO2.C6H7NO/c7-5-1-4(6(9)10)2-8-3-5;8-5-6-2-1-3-7-4-6/h1-3H,(H,9,10);1-4,8H,5H2. The van der Waals surface area contributed by atoms with E-state index in [0.29, 0.717) is 0 Å². The zero-order valence-corrected chi connectivity index (χ0v) is 9.32. The number of carboxylic acid groups (broad SMARTS) is 1. The first-order valence-electron chi connectivity index (χ1n) is 4.97. The Morgan fingerprint density at radius 3 is 2.44 bits per heavy atom. The summed E-state index contributed by atoms with van der Waals surface area (Å²) in [6, 6.07) is 4.54. The van der Waals surface area contributed by atoms with Crippen LogP contribution in [0.15, 0.2) is 43.0 Å². The van der Waals surface area contributed by atoms with Gasteiger partial charge in [0, 0.05) is 18.6 Å². The first kappa shape index (κ1) is 13.7. The van der Waals surface area contributed by atoms with E-state index < -0.39 is 11.8 Å². The molecule has 94 valence electrons. The molecule has 0 unspecified atom stereocenters. The first-order chi connectivity index (χ1) is 8.63. The van der Waals surface area contributed by atoms with E-state index in [1.54, 1.807) is 18.5 Å². The molecule has 0 spiro atoms. The van der Waals surface area contributed by atoms with Crippen LogP contribution in [0.4, 0.5) is 4.39 Å². The Labute approximate surface area is 103 Å². The lowest BCUT2D eigenvalue weighted by molar-refractivity contribution is 0.0696. The summed E-state index contributed by atoms with van der Waals surface area (Å²) in [6.07, 6.45) is 5.36. The van der Waals surface area contributed by atoms with Crippen LogP contribution in [0.3, 0.4) is 0 Å². The highest BCUT2D eigenvalue weighted by atomic mass is 19.1. The Bertz CT molecular complexity index is 506. The summed E-state index contributed by atoms with van der Waals surface area (Å²) in [7, 11) is 0. The van der Waals surface area contributed by atoms with Crippen molar-refractivity contribution in [2.75, 3.05) is 0 Å². The van der Waals surface area contributed by atoms with Crippen LogP contribution in [0.25, 0.3) is 0 Å². The molecule has 0 saturated heterocycles. The molecule has 6 heteroatoms. The molecule has 0 aliphatic carbocycles. The summed E-state index contributed by atoms with van der Waals surface area (Å²) in [5.74, 6) is -1.81. The van der Waals surface area contributed by atoms with Crippen molar-refractivity contribution < 1.29 is 19.4 Å². The van der Waals surface area contributed by atoms with Gasteiger partial charge in [-0.3, -0.25) is 9.97 Å². The zero-order valence-electron chi connectivity index (χ0n) is 9.32. The van der Waals surface area contributed by atoms with Crippen LogP contribution in [0, 0.1) is 5.82 Å². The summed E-state index contributed by atoms with van der Waals surface area (Å²) < 4.78 is 12.2. The van der Waals surface area contributed by atoms with Gasteiger partial charge in [-0.05, 0) is 17.7 Å². The number of aromatic carboxylic acids is 1. The lowest BCUT2D eigenvalue weighted by Gasteiger charge is -1.90. The molecule has 0 aliphatic rings. The monoisotopic (exact) mass is 250 g/mol. The molecule has 0 amide bonds. The van der Waals surface area contributed by atoms with Crippen LogP contribution >= 0.6 is 0 Å². The van der Waals surface area contributed by atoms with Crippen molar-refractivity contribution in [3.05, 3.63) is 59.9 Å². The number of hydrogen-bond donors (Lipinski definition) is 2. The second-order valence-corrected chi connectivity index (χ2v) is 3.22. The minimum absolute atomic E-state index is 0.0772. The number of aliphatic hydroxyl groups excluding tert-OH is 1. The van der Waals surface area contributed by atoms with E-state index >= 15 is 0 Å². The fourth-order valence-electron chi connectivity index (χ4n) is 1.02. The van der Waals surface area contributed by atoms with Crippen LogP contribution in [0.1, 0.15) is 15.9 Å². The van der Waals surface area contributed by atoms with E-state index in [1.807, 2.05) is 6.07 Å². The third-order valence-corrected chi connectivity index (χ3v) is 1.86. The van der Waals surface area contributed by atoms with Crippen LogP contribution in [-0.2, 0) is 6.61 Å². The maximum Gasteiger partial charge on any atom is 0.337 e. The van der Waals surface area contributed by atoms with Crippen molar-refractivity contribution in [2.45, 2.75) is 6.61 Å². The molecule has 0 bridgehead atoms. The second kappa shape index (κ2) is 7.08. The number of aromatic nitrogens is 2. The van der Waals surface area contributed by atoms with Crippen LogP contribution in [0.2, 0.25) is 0 Å². The third-order valence-electron chi connectivity index (χ3n) is 1.86. The van der Waals surface area contributed by atoms with Gasteiger partial charge in [-0.2, -0.15) is 0 Å². The van der Waals surface area contributed by atoms with Gasteiger partial charge >= 0.3 is 5.97 Å². The molecule has 0 saturated carbocycles. The fourth-order valence-corrected chi connectivity index (χ4v) is 1.02. The van der Waals surface area contributed by atoms with Gasteiger partial charge in [-0.25, -0.2) is 9.18 Å². The molecule has 2 rings (SSSR count). The molecule has 0 radical (unpaired) electrons. The SMILES string of the molecule is O=C(O)c1cncc(F)c1.OCc1cccnc1. The van der Waals surface area contributed by atoms with Crippen molar-refractivity contribution >= 4 is 5.97 Å². The highest BCUT2D eigenvalue weighted by Crippen LogP contribution is 1.99. The number of nitrogens with zero attached hydrogens (tertiary/aromatic N) is 2. The van der Waals surface area contributed by atoms with Crippen molar-refractivity contribution in [1.29, 1.82) is 0 Å². The number of pyridine rings is 2. The van der Waals surface area contributed by atoms with Crippen LogP contribution < -0.4 is 0 Å². The molecule has 2 N–H and O–H groups in total. The van der Waals surface area contributed by atoms with Crippen LogP contribution in [-0.4, -0.2) is 26.2 Å². The van der Waals surface area contributed by atoms with Gasteiger partial charge in [0.2, 0.25) is 0 Å². The van der Waals surface area contributed by atoms with E-state index in [2.05, 4.69) is 9.97 Å². The number of halogens is 1. The molecule has 0 fully saturated rings. The summed E-state index contributed by atoms with van der Waals surface area (Å²) in [5.41, 5.74) is 0.715. The minimum atomic E-state index is -1.17. The molecule has 0 aromatic carbocycles. The van der Waals surface area contributed by atoms with Crippen molar-refractivity contribution in [1.82, 2.24) is 9.97 Å². The molecule has 0 aliphatic heterocycles. The maximum absolute atomic E-state index is 12.2. The summed E-state index contributed by atoms with van der Waals surface area (Å²) in [4.78, 5) is 17.3. The number of aliphatic hydroxyl groups is 1. The quantitative estimate of drug-likeness (QED) is 0.843. The van der Waals surface area contributed by atoms with Crippen molar-refractivity contribution in [3.8, 4) is 0 Å². The Morgan fingerprint density at radius 2 is 2.06 bits per heavy atom. The van der Waals surface area contributed by atoms with E-state index in [1.165, 1.54) is 0 Å². The van der Waals surface area contributed by atoms with E-state index in [4.69, 9.17) is 10.2 Å². The van der Waals surface area contributed by atoms with Crippen molar-refractivity contribution in [3.63, 3.8) is 0 Å². The molecule has 0 atom stereocenters. The normalized spacial score (nSPS) is 9.22. The Kier molecular flexibility index (Phi) is 5.40. The topological polar surface area (TPSA) is 83.3 Å². The summed E-state index contributed by atoms with van der Waals surface area (Å²) >= 11 is 0. The van der Waals surface area contributed by atoms with Crippen molar-refractivity contribution in [2.24, 2.45) is 0 Å². The van der Waals surface area contributed by atoms with Gasteiger partial charge in [0.05, 0.1) is 18.4 Å². The lowest BCUT2D eigenvalue weighted by Crippen LogP contribution is -1.97. The molecular weight excluding hydrogens is 239 g/mol. The average molecular weight is 250 g/mol. The van der Waals surface area contributed by atoms with Gasteiger partial charge in [-0.1, -0.05) is 6.07 Å². The van der Waals surface area contributed by atoms with Gasteiger partial charge in [0.25, 0.3) is 0 Å². The number of hydrogen-bond acceptors (Lipinski definition) is 4. The minimum Gasteiger partial charge on any atom is -0.478 e. The zero-order chi connectivity index (χ0) is 13.4. The number of carboxylic acids is 1. The predicted octanol–water partition coefficient (Wildman–Crippen LogP) is 1.49. The van der Waals surface area contributed by atoms with Crippen LogP contribution in [0.5, 0.6) is 0 Å². The Balaban J connectivity index is 0.000000184. The average Bonchev–Trinajstić information content (AvgIpc) is 2.40. The predicted molar refractivity (Wildman–Crippen MR) is 61.3 cm³/mol. The van der Waals surface area contributed by atoms with Gasteiger partial charge in [0.1, 0.15) is 5.82 Å². The fraction of sp³-hybridized carbons (Fsp3) is 0.0833. The maximum atomic E-state index is 12.2. The highest BCUT2D eigenvalue weighted by Gasteiger charge is 2.02. The lowest BCUT2D eigenvalue weighted by atomic mass is 10.3. The largest absolute Gasteiger partial charge is 0.478 e. The first-order valence-corrected chi connectivity index (χ1v) is 4.97. The van der Waals surface area contributed by atoms with Gasteiger partial charge in [-0.15, -0.1) is 0 Å².